The smallest absolute Gasteiger partial charge is 0.129 e. The lowest BCUT2D eigenvalue weighted by Crippen LogP contribution is -2.19. The van der Waals surface area contributed by atoms with Crippen LogP contribution in [0.5, 0.6) is 0 Å². The first-order valence-corrected chi connectivity index (χ1v) is 6.79. The highest BCUT2D eigenvalue weighted by Gasteiger charge is 2.19. The maximum atomic E-state index is 13.5. The van der Waals surface area contributed by atoms with Gasteiger partial charge in [-0.25, -0.2) is 8.78 Å². The normalized spacial score (nSPS) is 15.3. The van der Waals surface area contributed by atoms with Crippen LogP contribution in [-0.2, 0) is 6.42 Å². The monoisotopic (exact) mass is 270 g/mol. The van der Waals surface area contributed by atoms with Gasteiger partial charge in [0.15, 0.2) is 0 Å². The average molecular weight is 270 g/mol. The van der Waals surface area contributed by atoms with Gasteiger partial charge in [-0.15, -0.1) is 0 Å². The van der Waals surface area contributed by atoms with Crippen molar-refractivity contribution in [1.82, 2.24) is 0 Å². The number of halogens is 2. The van der Waals surface area contributed by atoms with Gasteiger partial charge in [-0.2, -0.15) is 0 Å². The molecule has 1 N–H and O–H groups in total. The molecule has 19 heavy (non-hydrogen) atoms. The van der Waals surface area contributed by atoms with E-state index in [1.165, 1.54) is 12.1 Å². The van der Waals surface area contributed by atoms with E-state index in [2.05, 4.69) is 27.7 Å². The lowest BCUT2D eigenvalue weighted by molar-refractivity contribution is 0.132. The summed E-state index contributed by atoms with van der Waals surface area (Å²) in [6.07, 6.45) is 1.29. The van der Waals surface area contributed by atoms with E-state index in [1.807, 2.05) is 0 Å². The van der Waals surface area contributed by atoms with E-state index in [-0.39, 0.29) is 11.8 Å². The Morgan fingerprint density at radius 2 is 1.84 bits per heavy atom. The van der Waals surface area contributed by atoms with E-state index in [9.17, 15) is 13.9 Å². The first-order chi connectivity index (χ1) is 8.67. The highest BCUT2D eigenvalue weighted by molar-refractivity contribution is 5.19. The zero-order valence-electron chi connectivity index (χ0n) is 12.2. The van der Waals surface area contributed by atoms with E-state index in [4.69, 9.17) is 0 Å². The molecule has 0 aliphatic heterocycles. The van der Waals surface area contributed by atoms with Crippen LogP contribution in [0.2, 0.25) is 0 Å². The summed E-state index contributed by atoms with van der Waals surface area (Å²) in [6.45, 7) is 8.58. The molecule has 0 heterocycles. The molecule has 0 saturated heterocycles. The van der Waals surface area contributed by atoms with Gasteiger partial charge >= 0.3 is 0 Å². The van der Waals surface area contributed by atoms with Crippen LogP contribution in [0, 0.1) is 23.0 Å². The van der Waals surface area contributed by atoms with Crippen molar-refractivity contribution in [3.63, 3.8) is 0 Å². The van der Waals surface area contributed by atoms with Crippen molar-refractivity contribution in [3.8, 4) is 0 Å². The molecule has 0 aliphatic rings. The Balaban J connectivity index is 2.53. The summed E-state index contributed by atoms with van der Waals surface area (Å²) >= 11 is 0. The van der Waals surface area contributed by atoms with E-state index in [0.717, 1.165) is 12.5 Å². The van der Waals surface area contributed by atoms with Crippen LogP contribution in [-0.4, -0.2) is 11.2 Å². The Hall–Kier alpha value is -0.960. The number of aliphatic hydroxyl groups is 1. The number of aliphatic hydroxyl groups excluding tert-OH is 1. The van der Waals surface area contributed by atoms with Crippen molar-refractivity contribution in [2.75, 3.05) is 0 Å². The molecule has 0 aromatic heterocycles. The predicted molar refractivity (Wildman–Crippen MR) is 73.9 cm³/mol. The molecule has 1 aromatic carbocycles. The minimum absolute atomic E-state index is 0.222. The standard InChI is InChI=1S/C16H24F2O/c1-11(10-16(2,3)4)7-14(19)8-12-5-6-13(17)9-15(12)18/h5-6,9,11,14,19H,7-8,10H2,1-4H3. The highest BCUT2D eigenvalue weighted by Crippen LogP contribution is 2.27. The molecular weight excluding hydrogens is 246 g/mol. The van der Waals surface area contributed by atoms with Crippen molar-refractivity contribution < 1.29 is 13.9 Å². The minimum atomic E-state index is -0.586. The van der Waals surface area contributed by atoms with Gasteiger partial charge in [-0.3, -0.25) is 0 Å². The van der Waals surface area contributed by atoms with Crippen molar-refractivity contribution in [1.29, 1.82) is 0 Å². The zero-order chi connectivity index (χ0) is 14.6. The van der Waals surface area contributed by atoms with Gasteiger partial charge in [0.1, 0.15) is 11.6 Å². The molecule has 0 radical (unpaired) electrons. The third-order valence-electron chi connectivity index (χ3n) is 3.11. The fraction of sp³-hybridized carbons (Fsp3) is 0.625. The van der Waals surface area contributed by atoms with E-state index in [1.54, 1.807) is 0 Å². The van der Waals surface area contributed by atoms with Crippen LogP contribution in [0.1, 0.15) is 46.1 Å². The topological polar surface area (TPSA) is 20.2 Å². The molecule has 0 aliphatic carbocycles. The van der Waals surface area contributed by atoms with Crippen LogP contribution in [0.4, 0.5) is 8.78 Å². The van der Waals surface area contributed by atoms with Gasteiger partial charge in [-0.05, 0) is 35.8 Å². The second-order valence-corrected chi connectivity index (χ2v) is 6.70. The van der Waals surface area contributed by atoms with Crippen molar-refractivity contribution in [2.24, 2.45) is 11.3 Å². The maximum Gasteiger partial charge on any atom is 0.129 e. The molecule has 0 saturated carbocycles. The highest BCUT2D eigenvalue weighted by atomic mass is 19.1. The number of rotatable bonds is 5. The van der Waals surface area contributed by atoms with Gasteiger partial charge in [0.05, 0.1) is 6.10 Å². The van der Waals surface area contributed by atoms with E-state index in [0.29, 0.717) is 17.9 Å². The van der Waals surface area contributed by atoms with Gasteiger partial charge in [0.2, 0.25) is 0 Å². The summed E-state index contributed by atoms with van der Waals surface area (Å²) in [4.78, 5) is 0. The second kappa shape index (κ2) is 6.47. The van der Waals surface area contributed by atoms with Crippen LogP contribution >= 0.6 is 0 Å². The zero-order valence-corrected chi connectivity index (χ0v) is 12.2. The Bertz CT molecular complexity index is 410. The third kappa shape index (κ3) is 6.15. The van der Waals surface area contributed by atoms with Crippen LogP contribution in [0.3, 0.4) is 0 Å². The number of benzene rings is 1. The van der Waals surface area contributed by atoms with Gasteiger partial charge in [0, 0.05) is 12.5 Å². The number of hydrogen-bond acceptors (Lipinski definition) is 1. The summed E-state index contributed by atoms with van der Waals surface area (Å²) in [5.74, 6) is -0.794. The summed E-state index contributed by atoms with van der Waals surface area (Å²) in [5.41, 5.74) is 0.595. The van der Waals surface area contributed by atoms with Crippen LogP contribution in [0.15, 0.2) is 18.2 Å². The molecule has 0 spiro atoms. The summed E-state index contributed by atoms with van der Waals surface area (Å²) in [6, 6.07) is 3.49. The van der Waals surface area contributed by atoms with Crippen molar-refractivity contribution >= 4 is 0 Å². The molecule has 0 fully saturated rings. The first-order valence-electron chi connectivity index (χ1n) is 6.79. The second-order valence-electron chi connectivity index (χ2n) is 6.70. The lowest BCUT2D eigenvalue weighted by atomic mass is 9.82. The van der Waals surface area contributed by atoms with Crippen molar-refractivity contribution in [2.45, 2.75) is 53.1 Å². The Kier molecular flexibility index (Phi) is 5.48. The largest absolute Gasteiger partial charge is 0.393 e. The lowest BCUT2D eigenvalue weighted by Gasteiger charge is -2.25. The summed E-state index contributed by atoms with van der Waals surface area (Å²) in [5, 5.41) is 10.0. The predicted octanol–water partition coefficient (Wildman–Crippen LogP) is 4.33. The van der Waals surface area contributed by atoms with Crippen LogP contribution in [0.25, 0.3) is 0 Å². The van der Waals surface area contributed by atoms with Gasteiger partial charge in [0.25, 0.3) is 0 Å². The molecule has 1 rings (SSSR count). The van der Waals surface area contributed by atoms with Crippen molar-refractivity contribution in [3.05, 3.63) is 35.4 Å². The molecule has 1 nitrogen and oxygen atoms in total. The molecule has 3 heteroatoms. The number of hydrogen-bond donors (Lipinski definition) is 1. The quantitative estimate of drug-likeness (QED) is 0.844. The molecule has 2 atom stereocenters. The molecule has 1 aromatic rings. The van der Waals surface area contributed by atoms with Gasteiger partial charge in [-0.1, -0.05) is 33.8 Å². The van der Waals surface area contributed by atoms with Gasteiger partial charge < -0.3 is 5.11 Å². The fourth-order valence-corrected chi connectivity index (χ4v) is 2.62. The molecular formula is C16H24F2O. The third-order valence-corrected chi connectivity index (χ3v) is 3.11. The molecule has 108 valence electrons. The average Bonchev–Trinajstić information content (AvgIpc) is 2.19. The SMILES string of the molecule is CC(CC(O)Cc1ccc(F)cc1F)CC(C)(C)C. The summed E-state index contributed by atoms with van der Waals surface area (Å²) in [7, 11) is 0. The Morgan fingerprint density at radius 3 is 2.37 bits per heavy atom. The van der Waals surface area contributed by atoms with E-state index < -0.39 is 17.7 Å². The van der Waals surface area contributed by atoms with Crippen LogP contribution < -0.4 is 0 Å². The van der Waals surface area contributed by atoms with E-state index >= 15 is 0 Å². The maximum absolute atomic E-state index is 13.5. The molecule has 0 bridgehead atoms. The Morgan fingerprint density at radius 1 is 1.21 bits per heavy atom. The fourth-order valence-electron chi connectivity index (χ4n) is 2.62. The first kappa shape index (κ1) is 16.1. The Labute approximate surface area is 114 Å². The minimum Gasteiger partial charge on any atom is -0.393 e. The molecule has 0 amide bonds. The summed E-state index contributed by atoms with van der Waals surface area (Å²) < 4.78 is 26.2. The molecule has 2 unspecified atom stereocenters.